The van der Waals surface area contributed by atoms with Crippen LogP contribution in [-0.2, 0) is 14.3 Å². The molecule has 2 saturated carbocycles. The van der Waals surface area contributed by atoms with Crippen molar-refractivity contribution in [3.05, 3.63) is 34.9 Å². The lowest BCUT2D eigenvalue weighted by molar-refractivity contribution is -0.149. The first kappa shape index (κ1) is 12.7. The Morgan fingerprint density at radius 1 is 1.21 bits per heavy atom. The predicted molar refractivity (Wildman–Crippen MR) is 71.0 cm³/mol. The molecule has 0 spiro atoms. The van der Waals surface area contributed by atoms with Crippen LogP contribution in [0.1, 0.15) is 30.7 Å². The van der Waals surface area contributed by atoms with E-state index in [0.29, 0.717) is 5.02 Å². The minimum absolute atomic E-state index is 0.0483. The molecular weight excluding hydrogens is 264 g/mol. The van der Waals surface area contributed by atoms with Gasteiger partial charge in [-0.1, -0.05) is 23.7 Å². The monoisotopic (exact) mass is 278 g/mol. The predicted octanol–water partition coefficient (Wildman–Crippen LogP) is 2.97. The SMILES string of the molecule is O=C(COC(=O)C1CC1c1ccc(Cl)cc1)C1CC1. The quantitative estimate of drug-likeness (QED) is 0.778. The van der Waals surface area contributed by atoms with Crippen molar-refractivity contribution in [2.24, 2.45) is 11.8 Å². The number of ether oxygens (including phenoxy) is 1. The van der Waals surface area contributed by atoms with Crippen LogP contribution >= 0.6 is 11.6 Å². The van der Waals surface area contributed by atoms with E-state index in [9.17, 15) is 9.59 Å². The number of Topliss-reactive ketones (excluding diaryl/α,β-unsaturated/α-hetero) is 1. The van der Waals surface area contributed by atoms with Gasteiger partial charge in [-0.3, -0.25) is 9.59 Å². The molecule has 1 aromatic carbocycles. The molecule has 100 valence electrons. The number of hydrogen-bond donors (Lipinski definition) is 0. The number of rotatable bonds is 5. The number of carbonyl (C=O) groups excluding carboxylic acids is 2. The molecule has 2 atom stereocenters. The van der Waals surface area contributed by atoms with Gasteiger partial charge in [0.2, 0.25) is 0 Å². The average Bonchev–Trinajstić information content (AvgIpc) is 3.28. The molecule has 2 fully saturated rings. The van der Waals surface area contributed by atoms with Crippen LogP contribution in [-0.4, -0.2) is 18.4 Å². The Balaban J connectivity index is 1.49. The van der Waals surface area contributed by atoms with E-state index in [0.717, 1.165) is 24.8 Å². The van der Waals surface area contributed by atoms with Crippen LogP contribution in [0.25, 0.3) is 0 Å². The fraction of sp³-hybridized carbons (Fsp3) is 0.467. The molecule has 0 aromatic heterocycles. The molecule has 0 saturated heterocycles. The van der Waals surface area contributed by atoms with E-state index in [2.05, 4.69) is 0 Å². The van der Waals surface area contributed by atoms with Crippen molar-refractivity contribution in [1.29, 1.82) is 0 Å². The first-order chi connectivity index (χ1) is 9.15. The molecule has 4 heteroatoms. The number of benzene rings is 1. The van der Waals surface area contributed by atoms with Gasteiger partial charge in [0.1, 0.15) is 6.61 Å². The van der Waals surface area contributed by atoms with Crippen molar-refractivity contribution in [3.8, 4) is 0 Å². The second kappa shape index (κ2) is 4.97. The average molecular weight is 279 g/mol. The Hall–Kier alpha value is -1.35. The van der Waals surface area contributed by atoms with Crippen LogP contribution in [0.3, 0.4) is 0 Å². The van der Waals surface area contributed by atoms with Gasteiger partial charge in [0.15, 0.2) is 5.78 Å². The second-order valence-electron chi connectivity index (χ2n) is 5.35. The van der Waals surface area contributed by atoms with Crippen molar-refractivity contribution in [2.45, 2.75) is 25.2 Å². The highest BCUT2D eigenvalue weighted by atomic mass is 35.5. The lowest BCUT2D eigenvalue weighted by atomic mass is 10.1. The summed E-state index contributed by atoms with van der Waals surface area (Å²) in [5.74, 6) is 0.110. The maximum absolute atomic E-state index is 11.8. The number of esters is 1. The number of hydrogen-bond acceptors (Lipinski definition) is 3. The van der Waals surface area contributed by atoms with Gasteiger partial charge in [0.25, 0.3) is 0 Å². The van der Waals surface area contributed by atoms with E-state index in [1.165, 1.54) is 0 Å². The van der Waals surface area contributed by atoms with Gasteiger partial charge in [0.05, 0.1) is 5.92 Å². The maximum Gasteiger partial charge on any atom is 0.310 e. The van der Waals surface area contributed by atoms with Gasteiger partial charge in [-0.15, -0.1) is 0 Å². The molecule has 0 radical (unpaired) electrons. The van der Waals surface area contributed by atoms with Crippen LogP contribution in [0.2, 0.25) is 5.02 Å². The number of carbonyl (C=O) groups is 2. The molecule has 19 heavy (non-hydrogen) atoms. The normalized spacial score (nSPS) is 24.9. The molecule has 1 aromatic rings. The summed E-state index contributed by atoms with van der Waals surface area (Å²) in [4.78, 5) is 23.3. The number of halogens is 1. The van der Waals surface area contributed by atoms with E-state index in [1.54, 1.807) is 0 Å². The van der Waals surface area contributed by atoms with Gasteiger partial charge in [-0.05, 0) is 42.9 Å². The summed E-state index contributed by atoms with van der Waals surface area (Å²) in [6.45, 7) is -0.0483. The Labute approximate surface area is 116 Å². The minimum Gasteiger partial charge on any atom is -0.457 e. The van der Waals surface area contributed by atoms with Crippen molar-refractivity contribution in [2.75, 3.05) is 6.61 Å². The van der Waals surface area contributed by atoms with Crippen LogP contribution in [0.15, 0.2) is 24.3 Å². The summed E-state index contributed by atoms with van der Waals surface area (Å²) >= 11 is 5.83. The van der Waals surface area contributed by atoms with E-state index in [4.69, 9.17) is 16.3 Å². The summed E-state index contributed by atoms with van der Waals surface area (Å²) in [5.41, 5.74) is 1.11. The topological polar surface area (TPSA) is 43.4 Å². The van der Waals surface area contributed by atoms with E-state index in [1.807, 2.05) is 24.3 Å². The second-order valence-corrected chi connectivity index (χ2v) is 5.78. The summed E-state index contributed by atoms with van der Waals surface area (Å²) in [7, 11) is 0. The van der Waals surface area contributed by atoms with Crippen molar-refractivity contribution in [3.63, 3.8) is 0 Å². The first-order valence-electron chi connectivity index (χ1n) is 6.60. The third-order valence-electron chi connectivity index (χ3n) is 3.78. The molecule has 0 bridgehead atoms. The van der Waals surface area contributed by atoms with Crippen molar-refractivity contribution >= 4 is 23.4 Å². The summed E-state index contributed by atoms with van der Waals surface area (Å²) < 4.78 is 5.09. The molecule has 0 aliphatic heterocycles. The molecule has 0 N–H and O–H groups in total. The Morgan fingerprint density at radius 3 is 2.53 bits per heavy atom. The molecule has 2 aliphatic carbocycles. The standard InChI is InChI=1S/C15H15ClO3/c16-11-5-3-9(4-6-11)12-7-13(12)15(18)19-8-14(17)10-1-2-10/h3-6,10,12-13H,1-2,7-8H2. The fourth-order valence-corrected chi connectivity index (χ4v) is 2.43. The summed E-state index contributed by atoms with van der Waals surface area (Å²) in [6.07, 6.45) is 2.71. The van der Waals surface area contributed by atoms with E-state index < -0.39 is 0 Å². The Bertz CT molecular complexity index is 505. The first-order valence-corrected chi connectivity index (χ1v) is 6.98. The van der Waals surface area contributed by atoms with Gasteiger partial charge in [0, 0.05) is 10.9 Å². The molecule has 3 nitrogen and oxygen atoms in total. The largest absolute Gasteiger partial charge is 0.457 e. The van der Waals surface area contributed by atoms with Gasteiger partial charge in [-0.2, -0.15) is 0 Å². The zero-order valence-corrected chi connectivity index (χ0v) is 11.2. The van der Waals surface area contributed by atoms with Gasteiger partial charge in [-0.25, -0.2) is 0 Å². The summed E-state index contributed by atoms with van der Waals surface area (Å²) in [6, 6.07) is 7.54. The van der Waals surface area contributed by atoms with Crippen molar-refractivity contribution in [1.82, 2.24) is 0 Å². The smallest absolute Gasteiger partial charge is 0.310 e. The van der Waals surface area contributed by atoms with Crippen LogP contribution in [0.5, 0.6) is 0 Å². The summed E-state index contributed by atoms with van der Waals surface area (Å²) in [5, 5.41) is 0.693. The van der Waals surface area contributed by atoms with Gasteiger partial charge < -0.3 is 4.74 Å². The van der Waals surface area contributed by atoms with Crippen molar-refractivity contribution < 1.29 is 14.3 Å². The minimum atomic E-state index is -0.242. The van der Waals surface area contributed by atoms with Crippen LogP contribution in [0, 0.1) is 11.8 Å². The Morgan fingerprint density at radius 2 is 1.89 bits per heavy atom. The van der Waals surface area contributed by atoms with E-state index in [-0.39, 0.29) is 36.1 Å². The zero-order chi connectivity index (χ0) is 13.4. The third-order valence-corrected chi connectivity index (χ3v) is 4.03. The molecule has 0 amide bonds. The number of ketones is 1. The maximum atomic E-state index is 11.8. The van der Waals surface area contributed by atoms with Gasteiger partial charge >= 0.3 is 5.97 Å². The molecule has 2 unspecified atom stereocenters. The molecule has 2 aliphatic rings. The van der Waals surface area contributed by atoms with E-state index >= 15 is 0 Å². The lowest BCUT2D eigenvalue weighted by Gasteiger charge is -2.03. The highest BCUT2D eigenvalue weighted by molar-refractivity contribution is 6.30. The Kier molecular flexibility index (Phi) is 3.31. The lowest BCUT2D eigenvalue weighted by Crippen LogP contribution is -2.16. The molecule has 0 heterocycles. The van der Waals surface area contributed by atoms with Crippen LogP contribution < -0.4 is 0 Å². The highest BCUT2D eigenvalue weighted by Gasteiger charge is 2.45. The molecule has 3 rings (SSSR count). The zero-order valence-electron chi connectivity index (χ0n) is 10.5. The fourth-order valence-electron chi connectivity index (χ4n) is 2.31. The molecular formula is C15H15ClO3. The van der Waals surface area contributed by atoms with Crippen LogP contribution in [0.4, 0.5) is 0 Å². The highest BCUT2D eigenvalue weighted by Crippen LogP contribution is 2.48. The third kappa shape index (κ3) is 2.98.